The number of methoxy groups -OCH3 is 1. The summed E-state index contributed by atoms with van der Waals surface area (Å²) in [4.78, 5) is 15.6. The van der Waals surface area contributed by atoms with E-state index in [1.165, 1.54) is 0 Å². The molecule has 3 aliphatic heterocycles. The molecule has 2 aromatic carbocycles. The highest BCUT2D eigenvalue weighted by Crippen LogP contribution is 2.37. The van der Waals surface area contributed by atoms with E-state index < -0.39 is 5.79 Å². The van der Waals surface area contributed by atoms with Crippen molar-refractivity contribution in [2.24, 2.45) is 5.10 Å². The molecule has 0 N–H and O–H groups in total. The van der Waals surface area contributed by atoms with Gasteiger partial charge in [-0.25, -0.2) is 5.01 Å². The second-order valence-corrected chi connectivity index (χ2v) is 9.05. The molecule has 5 rings (SSSR count). The summed E-state index contributed by atoms with van der Waals surface area (Å²) in [5, 5.41) is 7.03. The van der Waals surface area contributed by atoms with Crippen LogP contribution in [0, 0.1) is 0 Å². The van der Waals surface area contributed by atoms with E-state index in [1.54, 1.807) is 12.1 Å². The number of hydrogen-bond acceptors (Lipinski definition) is 6. The normalized spacial score (nSPS) is 22.5. The van der Waals surface area contributed by atoms with Gasteiger partial charge in [-0.2, -0.15) is 5.10 Å². The van der Waals surface area contributed by atoms with Crippen molar-refractivity contribution in [1.82, 2.24) is 9.91 Å². The number of amides is 1. The van der Waals surface area contributed by atoms with Gasteiger partial charge in [0.25, 0.3) is 5.91 Å². The second-order valence-electron chi connectivity index (χ2n) is 8.64. The monoisotopic (exact) mass is 469 g/mol. The Hall–Kier alpha value is -2.45. The van der Waals surface area contributed by atoms with Crippen molar-refractivity contribution < 1.29 is 19.0 Å². The van der Waals surface area contributed by atoms with Gasteiger partial charge in [0.1, 0.15) is 5.75 Å². The van der Waals surface area contributed by atoms with Crippen LogP contribution in [0.15, 0.2) is 53.6 Å². The van der Waals surface area contributed by atoms with E-state index >= 15 is 0 Å². The molecule has 0 unspecified atom stereocenters. The Morgan fingerprint density at radius 3 is 2.48 bits per heavy atom. The first-order valence-corrected chi connectivity index (χ1v) is 11.7. The van der Waals surface area contributed by atoms with Crippen LogP contribution in [0.25, 0.3) is 0 Å². The van der Waals surface area contributed by atoms with Gasteiger partial charge in [0, 0.05) is 37.4 Å². The zero-order valence-electron chi connectivity index (χ0n) is 18.7. The Morgan fingerprint density at radius 1 is 1.12 bits per heavy atom. The zero-order valence-corrected chi connectivity index (χ0v) is 19.5. The lowest BCUT2D eigenvalue weighted by atomic mass is 9.98. The summed E-state index contributed by atoms with van der Waals surface area (Å²) in [6.07, 6.45) is 2.15. The number of carbonyl (C=O) groups excluding carboxylic acids is 1. The predicted molar refractivity (Wildman–Crippen MR) is 125 cm³/mol. The second kappa shape index (κ2) is 9.43. The van der Waals surface area contributed by atoms with Crippen LogP contribution < -0.4 is 4.74 Å². The van der Waals surface area contributed by atoms with E-state index in [0.717, 1.165) is 48.5 Å². The minimum Gasteiger partial charge on any atom is -0.497 e. The third-order valence-corrected chi connectivity index (χ3v) is 6.99. The molecule has 0 bridgehead atoms. The summed E-state index contributed by atoms with van der Waals surface area (Å²) in [5.41, 5.74) is 2.74. The Kier molecular flexibility index (Phi) is 6.38. The molecular formula is C25H28ClN3O4. The summed E-state index contributed by atoms with van der Waals surface area (Å²) in [6, 6.07) is 15.2. The summed E-state index contributed by atoms with van der Waals surface area (Å²) in [6.45, 7) is 3.11. The maximum atomic E-state index is 13.5. The predicted octanol–water partition coefficient (Wildman–Crippen LogP) is 3.87. The molecule has 2 fully saturated rings. The molecule has 3 heterocycles. The van der Waals surface area contributed by atoms with Gasteiger partial charge in [-0.3, -0.25) is 9.69 Å². The standard InChI is InChI=1S/C25H28ClN3O4/c1-31-19-8-6-18(7-9-19)22-16-23(20-4-2-3-5-21(20)26)29(27-22)24(30)17-28-12-10-25(11-13-28)32-14-15-33-25/h2-9,23H,10-17H2,1H3/t23-/m1/s1. The van der Waals surface area contributed by atoms with E-state index in [0.29, 0.717) is 31.2 Å². The fourth-order valence-electron chi connectivity index (χ4n) is 4.79. The van der Waals surface area contributed by atoms with E-state index in [-0.39, 0.29) is 11.9 Å². The smallest absolute Gasteiger partial charge is 0.257 e. The highest BCUT2D eigenvalue weighted by molar-refractivity contribution is 6.31. The Morgan fingerprint density at radius 2 is 1.82 bits per heavy atom. The number of rotatable bonds is 5. The molecule has 33 heavy (non-hydrogen) atoms. The van der Waals surface area contributed by atoms with E-state index in [4.69, 9.17) is 30.9 Å². The largest absolute Gasteiger partial charge is 0.497 e. The van der Waals surface area contributed by atoms with Crippen molar-refractivity contribution >= 4 is 23.2 Å². The molecule has 2 aromatic rings. The minimum absolute atomic E-state index is 0.0346. The average Bonchev–Trinajstić information content (AvgIpc) is 3.49. The third kappa shape index (κ3) is 4.64. The van der Waals surface area contributed by atoms with Crippen LogP contribution in [0.3, 0.4) is 0 Å². The number of likely N-dealkylation sites (tertiary alicyclic amines) is 1. The number of hydrazone groups is 1. The van der Waals surface area contributed by atoms with E-state index in [9.17, 15) is 4.79 Å². The SMILES string of the molecule is COc1ccc(C2=NN(C(=O)CN3CCC4(CC3)OCCO4)[C@@H](c3ccccc3Cl)C2)cc1. The van der Waals surface area contributed by atoms with Gasteiger partial charge in [-0.15, -0.1) is 0 Å². The van der Waals surface area contributed by atoms with Crippen LogP contribution in [-0.4, -0.2) is 67.3 Å². The van der Waals surface area contributed by atoms with Crippen LogP contribution in [-0.2, 0) is 14.3 Å². The molecule has 1 spiro atoms. The number of carbonyl (C=O) groups is 1. The van der Waals surface area contributed by atoms with Gasteiger partial charge in [-0.1, -0.05) is 29.8 Å². The maximum absolute atomic E-state index is 13.5. The van der Waals surface area contributed by atoms with Crippen molar-refractivity contribution in [3.63, 3.8) is 0 Å². The minimum atomic E-state index is -0.451. The number of hydrogen-bond donors (Lipinski definition) is 0. The first kappa shape index (κ1) is 22.3. The van der Waals surface area contributed by atoms with Crippen LogP contribution in [0.2, 0.25) is 5.02 Å². The lowest BCUT2D eigenvalue weighted by molar-refractivity contribution is -0.186. The van der Waals surface area contributed by atoms with Gasteiger partial charge >= 0.3 is 0 Å². The molecule has 0 aromatic heterocycles. The van der Waals surface area contributed by atoms with Gasteiger partial charge in [-0.05, 0) is 41.5 Å². The molecule has 0 saturated carbocycles. The molecule has 7 nitrogen and oxygen atoms in total. The molecule has 0 aliphatic carbocycles. The third-order valence-electron chi connectivity index (χ3n) is 6.64. The van der Waals surface area contributed by atoms with Crippen LogP contribution in [0.4, 0.5) is 0 Å². The highest BCUT2D eigenvalue weighted by Gasteiger charge is 2.41. The summed E-state index contributed by atoms with van der Waals surface area (Å²) in [7, 11) is 1.64. The van der Waals surface area contributed by atoms with Crippen molar-refractivity contribution in [1.29, 1.82) is 0 Å². The lowest BCUT2D eigenvalue weighted by Crippen LogP contribution is -2.48. The zero-order chi connectivity index (χ0) is 22.8. The first-order chi connectivity index (χ1) is 16.1. The number of piperidine rings is 1. The molecule has 1 amide bonds. The summed E-state index contributed by atoms with van der Waals surface area (Å²) >= 11 is 6.53. The molecule has 2 saturated heterocycles. The molecule has 1 atom stereocenters. The number of ether oxygens (including phenoxy) is 3. The molecule has 174 valence electrons. The van der Waals surface area contributed by atoms with Crippen molar-refractivity contribution in [3.05, 3.63) is 64.7 Å². The van der Waals surface area contributed by atoms with Crippen molar-refractivity contribution in [2.75, 3.05) is 40.0 Å². The highest BCUT2D eigenvalue weighted by atomic mass is 35.5. The Bertz CT molecular complexity index is 1030. The topological polar surface area (TPSA) is 63.6 Å². The summed E-state index contributed by atoms with van der Waals surface area (Å²) < 4.78 is 16.9. The molecule has 8 heteroatoms. The van der Waals surface area contributed by atoms with Crippen LogP contribution in [0.5, 0.6) is 5.75 Å². The molecular weight excluding hydrogens is 442 g/mol. The Balaban J connectivity index is 1.34. The van der Waals surface area contributed by atoms with E-state index in [1.807, 2.05) is 48.5 Å². The van der Waals surface area contributed by atoms with Crippen LogP contribution >= 0.6 is 11.6 Å². The van der Waals surface area contributed by atoms with Crippen molar-refractivity contribution in [2.45, 2.75) is 31.1 Å². The first-order valence-electron chi connectivity index (χ1n) is 11.4. The molecule has 3 aliphatic rings. The average molecular weight is 470 g/mol. The molecule has 0 radical (unpaired) electrons. The van der Waals surface area contributed by atoms with E-state index in [2.05, 4.69) is 4.90 Å². The number of halogens is 1. The maximum Gasteiger partial charge on any atom is 0.257 e. The lowest BCUT2D eigenvalue weighted by Gasteiger charge is -2.37. The quantitative estimate of drug-likeness (QED) is 0.665. The van der Waals surface area contributed by atoms with Gasteiger partial charge in [0.2, 0.25) is 0 Å². The number of nitrogens with zero attached hydrogens (tertiary/aromatic N) is 3. The van der Waals surface area contributed by atoms with Gasteiger partial charge < -0.3 is 14.2 Å². The fraction of sp³-hybridized carbons (Fsp3) is 0.440. The Labute approximate surface area is 198 Å². The van der Waals surface area contributed by atoms with Crippen LogP contribution in [0.1, 0.15) is 36.4 Å². The summed E-state index contributed by atoms with van der Waals surface area (Å²) in [5.74, 6) is 0.297. The van der Waals surface area contributed by atoms with Gasteiger partial charge in [0.05, 0.1) is 38.6 Å². The fourth-order valence-corrected chi connectivity index (χ4v) is 5.05. The number of benzene rings is 2. The van der Waals surface area contributed by atoms with Gasteiger partial charge in [0.15, 0.2) is 5.79 Å². The van der Waals surface area contributed by atoms with Crippen molar-refractivity contribution in [3.8, 4) is 5.75 Å².